The fraction of sp³-hybridized carbons (Fsp3) is 0.143. The van der Waals surface area contributed by atoms with Crippen LogP contribution in [0.5, 0.6) is 11.6 Å². The van der Waals surface area contributed by atoms with E-state index in [1.54, 1.807) is 42.5 Å². The predicted octanol–water partition coefficient (Wildman–Crippen LogP) is 17.6. The van der Waals surface area contributed by atoms with Gasteiger partial charge < -0.3 is 0 Å². The Morgan fingerprint density at radius 1 is 0.513 bits per heavy atom. The van der Waals surface area contributed by atoms with Gasteiger partial charge in [-0.15, -0.1) is 0 Å². The van der Waals surface area contributed by atoms with Crippen LogP contribution < -0.4 is 19.8 Å². The summed E-state index contributed by atoms with van der Waals surface area (Å²) >= 11 is 2.27. The Hall–Kier alpha value is -8.25. The van der Waals surface area contributed by atoms with Gasteiger partial charge in [0.1, 0.15) is 0 Å². The summed E-state index contributed by atoms with van der Waals surface area (Å²) in [4.78, 5) is 9.55. The Morgan fingerprint density at radius 2 is 1.10 bits per heavy atom. The molecule has 9 aromatic carbocycles. The number of fused-ring (bicyclic) bond motifs is 9. The van der Waals surface area contributed by atoms with Gasteiger partial charge in [-0.05, 0) is 17.7 Å². The standard InChI is InChI=1S/C70H60BN5O.Pt/c1-46-37-66(76-65-36-21-20-35-64(65)75-61-32-17-15-28-59(61)58-27-14-16-31-60(58)71(75)76)72-67(38-46)77-54-42-50(55-26-13-12-23-47(55)2)41-53(44-54)73-45-74(63-34-19-18-33-62(63)73)68-56(48-24-10-9-11-25-48)29-22-30-57(68)49-39-51(69(3,4)5)43-52(40-49)70(6,7)8;/h9-44H,1-8H3;/i1D3,2D3,9D,10D,11D,24D,25D;. The van der Waals surface area contributed by atoms with E-state index >= 15 is 0 Å². The topological polar surface area (TPSA) is 38.5 Å². The fourth-order valence-electron chi connectivity index (χ4n) is 11.2. The third kappa shape index (κ3) is 8.47. The molecule has 0 N–H and O–H groups in total. The molecule has 0 spiro atoms. The summed E-state index contributed by atoms with van der Waals surface area (Å²) in [5.41, 5.74) is 12.9. The molecule has 8 heteroatoms. The van der Waals surface area contributed by atoms with Crippen LogP contribution in [0.2, 0.25) is 0 Å². The number of anilines is 4. The Balaban J connectivity index is 1.06. The van der Waals surface area contributed by atoms with Crippen molar-refractivity contribution in [2.75, 3.05) is 9.62 Å². The molecular formula is C70H60BN5OPt. The second-order valence-corrected chi connectivity index (χ2v) is 23.0. The summed E-state index contributed by atoms with van der Waals surface area (Å²) in [6.45, 7) is 7.41. The summed E-state index contributed by atoms with van der Waals surface area (Å²) in [5.74, 6) is 0.525. The van der Waals surface area contributed by atoms with E-state index in [-0.39, 0.29) is 51.2 Å². The van der Waals surface area contributed by atoms with E-state index in [0.717, 1.165) is 55.9 Å². The molecule has 384 valence electrons. The summed E-state index contributed by atoms with van der Waals surface area (Å²) in [6, 6.07) is 57.7. The second kappa shape index (κ2) is 19.0. The first-order valence-corrected chi connectivity index (χ1v) is 27.2. The van der Waals surface area contributed by atoms with E-state index in [9.17, 15) is 2.74 Å². The maximum atomic E-state index is 9.43. The van der Waals surface area contributed by atoms with Crippen molar-refractivity contribution in [3.63, 3.8) is 0 Å². The average Bonchev–Trinajstić information content (AvgIpc) is 1.65. The molecule has 0 bridgehead atoms. The molecule has 0 saturated heterocycles. The van der Waals surface area contributed by atoms with Crippen molar-refractivity contribution in [1.82, 2.24) is 14.1 Å². The van der Waals surface area contributed by atoms with Crippen molar-refractivity contribution in [3.05, 3.63) is 244 Å². The van der Waals surface area contributed by atoms with Crippen molar-refractivity contribution in [2.45, 2.75) is 66.1 Å². The number of ether oxygens (including phenoxy) is 1. The van der Waals surface area contributed by atoms with E-state index in [2.05, 4.69) is 124 Å². The summed E-state index contributed by atoms with van der Waals surface area (Å²) in [7, 11) is 0. The SMILES string of the molecule is [2H]c1c([2H])c([2H])c(-c2cccc(-c3cc(C(C)(C)C)cc(C(C)(C)C)c3)c2-n2[c](=[Pt])n(-c3cc(Oc4cc(C([2H])([2H])[2H])cc(N5B6c7ccccc7-c7ccccc7N6c6ccccc65)n4)cc(-c4ccccc4C([2H])([2H])[2H])c3)c3ccccc32)c([2H])c1[2H]. The first-order valence-electron chi connectivity index (χ1n) is 31.6. The molecule has 0 saturated carbocycles. The molecule has 13 rings (SSSR count). The van der Waals surface area contributed by atoms with E-state index < -0.39 is 38.8 Å². The number of hydrogen-bond acceptors (Lipinski definition) is 4. The van der Waals surface area contributed by atoms with E-state index in [4.69, 9.17) is 22.1 Å². The van der Waals surface area contributed by atoms with Crippen LogP contribution in [0.15, 0.2) is 218 Å². The Kier molecular flexibility index (Phi) is 9.35. The molecule has 0 amide bonds. The van der Waals surface area contributed by atoms with E-state index in [1.807, 2.05) is 95.6 Å². The monoisotopic (exact) mass is 1200 g/mol. The number of para-hydroxylation sites is 6. The first-order chi connectivity index (χ1) is 42.2. The normalized spacial score (nSPS) is 15.2. The molecule has 0 unspecified atom stereocenters. The van der Waals surface area contributed by atoms with Crippen LogP contribution >= 0.6 is 0 Å². The van der Waals surface area contributed by atoms with Gasteiger partial charge in [0.05, 0.1) is 0 Å². The number of nitrogens with zero attached hydrogens (tertiary/aromatic N) is 5. The zero-order chi connectivity index (χ0) is 63.0. The molecule has 78 heavy (non-hydrogen) atoms. The van der Waals surface area contributed by atoms with Crippen molar-refractivity contribution in [3.8, 4) is 67.5 Å². The van der Waals surface area contributed by atoms with Crippen molar-refractivity contribution in [2.24, 2.45) is 0 Å². The third-order valence-electron chi connectivity index (χ3n) is 14.9. The molecule has 2 aliphatic heterocycles. The number of imidazole rings is 1. The van der Waals surface area contributed by atoms with Gasteiger partial charge in [-0.25, -0.2) is 0 Å². The van der Waals surface area contributed by atoms with Crippen molar-refractivity contribution < 1.29 is 39.2 Å². The number of aryl methyl sites for hydroxylation is 2. The van der Waals surface area contributed by atoms with Gasteiger partial charge >= 0.3 is 404 Å². The average molecular weight is 1200 g/mol. The molecule has 2 aliphatic rings. The molecule has 2 aromatic heterocycles. The van der Waals surface area contributed by atoms with Crippen LogP contribution in [0.25, 0.3) is 66.9 Å². The van der Waals surface area contributed by atoms with Crippen molar-refractivity contribution in [1.29, 1.82) is 0 Å². The van der Waals surface area contributed by atoms with Gasteiger partial charge in [-0.1, -0.05) is 54.6 Å². The van der Waals surface area contributed by atoms with Crippen LogP contribution in [0.1, 0.15) is 78.9 Å². The molecular weight excluding hydrogens is 1130 g/mol. The molecule has 0 radical (unpaired) electrons. The van der Waals surface area contributed by atoms with Gasteiger partial charge in [-0.3, -0.25) is 0 Å². The third-order valence-corrected chi connectivity index (χ3v) is 16.0. The second-order valence-electron chi connectivity index (χ2n) is 22.0. The minimum atomic E-state index is -2.61. The zero-order valence-corrected chi connectivity index (χ0v) is 46.2. The first kappa shape index (κ1) is 38.3. The van der Waals surface area contributed by atoms with Crippen LogP contribution in [-0.2, 0) is 30.2 Å². The molecule has 6 nitrogen and oxygen atoms in total. The van der Waals surface area contributed by atoms with Gasteiger partial charge in [-0.2, -0.15) is 0 Å². The van der Waals surface area contributed by atoms with E-state index in [0.29, 0.717) is 48.7 Å². The van der Waals surface area contributed by atoms with Crippen LogP contribution in [-0.4, -0.2) is 21.1 Å². The zero-order valence-electron chi connectivity index (χ0n) is 54.9. The predicted molar refractivity (Wildman–Crippen MR) is 321 cm³/mol. The van der Waals surface area contributed by atoms with Gasteiger partial charge in [0.15, 0.2) is 0 Å². The minimum absolute atomic E-state index is 0.00890. The molecule has 4 heterocycles. The van der Waals surface area contributed by atoms with Crippen LogP contribution in [0.3, 0.4) is 0 Å². The number of aromatic nitrogens is 3. The van der Waals surface area contributed by atoms with Crippen LogP contribution in [0.4, 0.5) is 22.9 Å². The fourth-order valence-corrected chi connectivity index (χ4v) is 12.3. The van der Waals surface area contributed by atoms with Gasteiger partial charge in [0.2, 0.25) is 0 Å². The Morgan fingerprint density at radius 3 is 1.81 bits per heavy atom. The Bertz CT molecular complexity index is 4730. The molecule has 0 atom stereocenters. The van der Waals surface area contributed by atoms with Gasteiger partial charge in [0, 0.05) is 11.3 Å². The summed E-state index contributed by atoms with van der Waals surface area (Å²) < 4.78 is 110. The number of pyridine rings is 1. The Labute approximate surface area is 484 Å². The number of benzene rings is 9. The molecule has 0 fully saturated rings. The summed E-state index contributed by atoms with van der Waals surface area (Å²) in [6.07, 6.45) is 0. The van der Waals surface area contributed by atoms with Gasteiger partial charge in [0.25, 0.3) is 0 Å². The quantitative estimate of drug-likeness (QED) is 0.142. The van der Waals surface area contributed by atoms with Crippen LogP contribution in [0, 0.1) is 17.5 Å². The molecule has 0 aliphatic carbocycles. The van der Waals surface area contributed by atoms with Crippen molar-refractivity contribution >= 4 is 46.4 Å². The summed E-state index contributed by atoms with van der Waals surface area (Å²) in [5, 5.41) is 0. The van der Waals surface area contributed by atoms with E-state index in [1.165, 1.54) is 6.07 Å². The number of rotatable bonds is 8. The maximum absolute atomic E-state index is 9.43. The number of hydrogen-bond donors (Lipinski definition) is 0. The molecule has 11 aromatic rings.